The average Bonchev–Trinajstić information content (AvgIpc) is 2.92. The van der Waals surface area contributed by atoms with Gasteiger partial charge in [0.1, 0.15) is 0 Å². The average molecular weight is 302 g/mol. The van der Waals surface area contributed by atoms with E-state index in [-0.39, 0.29) is 0 Å². The Morgan fingerprint density at radius 2 is 2.14 bits per heavy atom. The number of nitrogens with one attached hydrogen (secondary N) is 1. The van der Waals surface area contributed by atoms with Gasteiger partial charge in [0.25, 0.3) is 0 Å². The maximum absolute atomic E-state index is 12.4. The molecule has 21 heavy (non-hydrogen) atoms. The standard InChI is InChI=1S/C17H22N2OS/c20-14(19-5-3-13-12(9-19)4-6-21-13)8-18-17-15-10-1-2-11(7-10)16(15)17/h4,6,10-11,15-18H,1-3,5,7-9H2. The molecule has 0 spiro atoms. The molecule has 4 atom stereocenters. The minimum absolute atomic E-state index is 0.296. The molecule has 3 nitrogen and oxygen atoms in total. The number of rotatable bonds is 3. The van der Waals surface area contributed by atoms with E-state index in [0.717, 1.165) is 43.2 Å². The van der Waals surface area contributed by atoms with Crippen molar-refractivity contribution in [3.8, 4) is 0 Å². The summed E-state index contributed by atoms with van der Waals surface area (Å²) in [6, 6.07) is 2.84. The molecule has 3 saturated carbocycles. The number of carbonyl (C=O) groups is 1. The summed E-state index contributed by atoms with van der Waals surface area (Å²) in [5.74, 6) is 4.10. The van der Waals surface area contributed by atoms with Crippen molar-refractivity contribution < 1.29 is 4.79 Å². The number of thiophene rings is 1. The van der Waals surface area contributed by atoms with E-state index in [1.54, 1.807) is 0 Å². The highest BCUT2D eigenvalue weighted by Crippen LogP contribution is 2.65. The lowest BCUT2D eigenvalue weighted by Gasteiger charge is -2.27. The minimum Gasteiger partial charge on any atom is -0.337 e. The summed E-state index contributed by atoms with van der Waals surface area (Å²) in [4.78, 5) is 15.9. The van der Waals surface area contributed by atoms with Crippen LogP contribution in [0.25, 0.3) is 0 Å². The van der Waals surface area contributed by atoms with E-state index < -0.39 is 0 Å². The molecule has 3 aliphatic carbocycles. The zero-order chi connectivity index (χ0) is 14.0. The molecule has 2 heterocycles. The van der Waals surface area contributed by atoms with Gasteiger partial charge in [0.05, 0.1) is 6.54 Å². The quantitative estimate of drug-likeness (QED) is 0.929. The van der Waals surface area contributed by atoms with E-state index >= 15 is 0 Å². The number of hydrogen-bond donors (Lipinski definition) is 1. The van der Waals surface area contributed by atoms with Crippen molar-refractivity contribution in [1.29, 1.82) is 0 Å². The Balaban J connectivity index is 1.17. The molecule has 0 radical (unpaired) electrons. The zero-order valence-corrected chi connectivity index (χ0v) is 13.1. The molecule has 4 aliphatic rings. The second-order valence-electron chi connectivity index (χ2n) is 7.33. The lowest BCUT2D eigenvalue weighted by Crippen LogP contribution is -2.42. The fourth-order valence-corrected chi connectivity index (χ4v) is 6.27. The first kappa shape index (κ1) is 12.7. The first-order chi connectivity index (χ1) is 10.3. The predicted octanol–water partition coefficient (Wildman–Crippen LogP) is 2.27. The van der Waals surface area contributed by atoms with Crippen LogP contribution in [0, 0.1) is 23.7 Å². The van der Waals surface area contributed by atoms with Crippen LogP contribution in [-0.4, -0.2) is 29.9 Å². The summed E-state index contributed by atoms with van der Waals surface area (Å²) in [5, 5.41) is 5.74. The van der Waals surface area contributed by atoms with Gasteiger partial charge in [0, 0.05) is 24.0 Å². The Labute approximate surface area is 129 Å². The summed E-state index contributed by atoms with van der Waals surface area (Å²) in [7, 11) is 0. The van der Waals surface area contributed by atoms with Gasteiger partial charge in [-0.2, -0.15) is 0 Å². The van der Waals surface area contributed by atoms with Gasteiger partial charge in [-0.25, -0.2) is 0 Å². The highest BCUT2D eigenvalue weighted by atomic mass is 32.1. The highest BCUT2D eigenvalue weighted by Gasteiger charge is 2.64. The third-order valence-electron chi connectivity index (χ3n) is 6.38. The van der Waals surface area contributed by atoms with Crippen LogP contribution < -0.4 is 5.32 Å². The van der Waals surface area contributed by atoms with Crippen LogP contribution in [-0.2, 0) is 17.8 Å². The van der Waals surface area contributed by atoms with Gasteiger partial charge in [-0.05, 0) is 66.4 Å². The second-order valence-corrected chi connectivity index (χ2v) is 8.33. The van der Waals surface area contributed by atoms with Crippen molar-refractivity contribution in [2.45, 2.75) is 38.3 Å². The molecule has 3 fully saturated rings. The van der Waals surface area contributed by atoms with Crippen LogP contribution in [0.3, 0.4) is 0 Å². The molecule has 4 unspecified atom stereocenters. The summed E-state index contributed by atoms with van der Waals surface area (Å²) >= 11 is 1.83. The van der Waals surface area contributed by atoms with Crippen LogP contribution in [0.5, 0.6) is 0 Å². The Morgan fingerprint density at radius 1 is 1.33 bits per heavy atom. The van der Waals surface area contributed by atoms with E-state index in [4.69, 9.17) is 0 Å². The maximum Gasteiger partial charge on any atom is 0.236 e. The molecule has 5 rings (SSSR count). The third-order valence-corrected chi connectivity index (χ3v) is 7.41. The monoisotopic (exact) mass is 302 g/mol. The lowest BCUT2D eigenvalue weighted by molar-refractivity contribution is -0.131. The van der Waals surface area contributed by atoms with Gasteiger partial charge in [-0.1, -0.05) is 0 Å². The Hall–Kier alpha value is -0.870. The molecule has 112 valence electrons. The lowest BCUT2D eigenvalue weighted by atomic mass is 10.0. The van der Waals surface area contributed by atoms with E-state index in [9.17, 15) is 4.79 Å². The number of fused-ring (bicyclic) bond motifs is 6. The number of nitrogens with zero attached hydrogens (tertiary/aromatic N) is 1. The Morgan fingerprint density at radius 3 is 2.95 bits per heavy atom. The van der Waals surface area contributed by atoms with Gasteiger partial charge in [0.15, 0.2) is 0 Å². The largest absolute Gasteiger partial charge is 0.337 e. The molecule has 2 bridgehead atoms. The maximum atomic E-state index is 12.4. The van der Waals surface area contributed by atoms with E-state index in [1.165, 1.54) is 29.7 Å². The first-order valence-electron chi connectivity index (χ1n) is 8.37. The fourth-order valence-electron chi connectivity index (χ4n) is 5.38. The normalized spacial score (nSPS) is 39.2. The van der Waals surface area contributed by atoms with E-state index in [1.807, 2.05) is 16.2 Å². The summed E-state index contributed by atoms with van der Waals surface area (Å²) in [5.41, 5.74) is 1.36. The second kappa shape index (κ2) is 4.56. The fraction of sp³-hybridized carbons (Fsp3) is 0.706. The summed E-state index contributed by atoms with van der Waals surface area (Å²) in [6.45, 7) is 2.27. The predicted molar refractivity (Wildman–Crippen MR) is 83.0 cm³/mol. The smallest absolute Gasteiger partial charge is 0.236 e. The third kappa shape index (κ3) is 1.92. The molecule has 1 aliphatic heterocycles. The molecular weight excluding hydrogens is 280 g/mol. The molecule has 4 heteroatoms. The van der Waals surface area contributed by atoms with Crippen molar-refractivity contribution in [3.05, 3.63) is 21.9 Å². The molecular formula is C17H22N2OS. The van der Waals surface area contributed by atoms with Crippen molar-refractivity contribution in [3.63, 3.8) is 0 Å². The molecule has 1 amide bonds. The van der Waals surface area contributed by atoms with Crippen molar-refractivity contribution in [1.82, 2.24) is 10.2 Å². The zero-order valence-electron chi connectivity index (χ0n) is 12.3. The summed E-state index contributed by atoms with van der Waals surface area (Å²) < 4.78 is 0. The van der Waals surface area contributed by atoms with Crippen molar-refractivity contribution in [2.24, 2.45) is 23.7 Å². The molecule has 1 aromatic rings. The topological polar surface area (TPSA) is 32.3 Å². The van der Waals surface area contributed by atoms with Crippen LogP contribution in [0.2, 0.25) is 0 Å². The van der Waals surface area contributed by atoms with Gasteiger partial charge < -0.3 is 10.2 Å². The van der Waals surface area contributed by atoms with E-state index in [0.29, 0.717) is 18.5 Å². The van der Waals surface area contributed by atoms with Gasteiger partial charge in [-0.15, -0.1) is 11.3 Å². The van der Waals surface area contributed by atoms with Gasteiger partial charge in [-0.3, -0.25) is 4.79 Å². The van der Waals surface area contributed by atoms with E-state index in [2.05, 4.69) is 16.8 Å². The van der Waals surface area contributed by atoms with Crippen LogP contribution >= 0.6 is 11.3 Å². The molecule has 0 saturated heterocycles. The first-order valence-corrected chi connectivity index (χ1v) is 9.25. The Kier molecular flexibility index (Phi) is 2.75. The molecule has 0 aromatic carbocycles. The number of amides is 1. The SMILES string of the molecule is O=C(CNC1C2C3CCC(C3)C12)N1CCc2sccc2C1. The van der Waals surface area contributed by atoms with Gasteiger partial charge >= 0.3 is 0 Å². The van der Waals surface area contributed by atoms with Gasteiger partial charge in [0.2, 0.25) is 5.91 Å². The highest BCUT2D eigenvalue weighted by molar-refractivity contribution is 7.10. The summed E-state index contributed by atoms with van der Waals surface area (Å²) in [6.07, 6.45) is 5.42. The minimum atomic E-state index is 0.296. The number of carbonyl (C=O) groups excluding carboxylic acids is 1. The van der Waals surface area contributed by atoms with Crippen LogP contribution in [0.4, 0.5) is 0 Å². The van der Waals surface area contributed by atoms with Crippen LogP contribution in [0.1, 0.15) is 29.7 Å². The van der Waals surface area contributed by atoms with Crippen LogP contribution in [0.15, 0.2) is 11.4 Å². The molecule has 1 N–H and O–H groups in total. The van der Waals surface area contributed by atoms with Crippen molar-refractivity contribution in [2.75, 3.05) is 13.1 Å². The van der Waals surface area contributed by atoms with Crippen molar-refractivity contribution >= 4 is 17.2 Å². The number of hydrogen-bond acceptors (Lipinski definition) is 3. The Bertz CT molecular complexity index is 567. The molecule has 1 aromatic heterocycles.